The Bertz CT molecular complexity index is 652. The lowest BCUT2D eigenvalue weighted by atomic mass is 10.1. The van der Waals surface area contributed by atoms with E-state index >= 15 is 0 Å². The molecule has 0 spiro atoms. The zero-order valence-electron chi connectivity index (χ0n) is 12.6. The Morgan fingerprint density at radius 1 is 0.905 bits per heavy atom. The van der Waals surface area contributed by atoms with E-state index in [1.807, 2.05) is 51.1 Å². The van der Waals surface area contributed by atoms with E-state index in [1.165, 1.54) is 0 Å². The minimum Gasteiger partial charge on any atom is -0.325 e. The first-order valence-electron chi connectivity index (χ1n) is 6.93. The zero-order valence-corrected chi connectivity index (χ0v) is 12.6. The summed E-state index contributed by atoms with van der Waals surface area (Å²) in [5.41, 5.74) is 4.43. The summed E-state index contributed by atoms with van der Waals surface area (Å²) in [5.74, 6) is -0.447. The molecule has 2 rings (SSSR count). The second kappa shape index (κ2) is 6.35. The van der Waals surface area contributed by atoms with Crippen molar-refractivity contribution in [2.24, 2.45) is 0 Å². The van der Waals surface area contributed by atoms with Crippen LogP contribution in [0.15, 0.2) is 42.5 Å². The lowest BCUT2D eigenvalue weighted by molar-refractivity contribution is -0.115. The molecule has 2 aromatic rings. The number of carbonyl (C=O) groups is 2. The molecule has 0 aliphatic carbocycles. The molecular weight excluding hydrogens is 262 g/mol. The van der Waals surface area contributed by atoms with Crippen LogP contribution in [0.2, 0.25) is 0 Å². The number of carbonyl (C=O) groups excluding carboxylic acids is 2. The largest absolute Gasteiger partial charge is 0.325 e. The van der Waals surface area contributed by atoms with Gasteiger partial charge >= 0.3 is 0 Å². The van der Waals surface area contributed by atoms with Crippen molar-refractivity contribution < 1.29 is 9.59 Å². The highest BCUT2D eigenvalue weighted by molar-refractivity contribution is 6.11. The predicted octanol–water partition coefficient (Wildman–Crippen LogP) is 3.82. The van der Waals surface area contributed by atoms with Crippen LogP contribution < -0.4 is 5.32 Å². The van der Waals surface area contributed by atoms with Gasteiger partial charge in [0.05, 0.1) is 6.42 Å². The molecular formula is C18H19NO2. The maximum Gasteiger partial charge on any atom is 0.232 e. The molecule has 3 nitrogen and oxygen atoms in total. The third-order valence-corrected chi connectivity index (χ3v) is 3.44. The first-order valence-corrected chi connectivity index (χ1v) is 6.93. The van der Waals surface area contributed by atoms with Gasteiger partial charge in [-0.15, -0.1) is 0 Å². The van der Waals surface area contributed by atoms with Crippen LogP contribution in [0.5, 0.6) is 0 Å². The van der Waals surface area contributed by atoms with Crippen LogP contribution in [-0.4, -0.2) is 11.7 Å². The average Bonchev–Trinajstić information content (AvgIpc) is 2.43. The summed E-state index contributed by atoms with van der Waals surface area (Å²) in [6.07, 6.45) is -0.142. The Kier molecular flexibility index (Phi) is 4.53. The van der Waals surface area contributed by atoms with Crippen molar-refractivity contribution in [3.05, 3.63) is 64.7 Å². The predicted molar refractivity (Wildman–Crippen MR) is 84.7 cm³/mol. The molecule has 0 aliphatic heterocycles. The molecule has 1 amide bonds. The van der Waals surface area contributed by atoms with E-state index in [0.29, 0.717) is 5.56 Å². The minimum atomic E-state index is -0.280. The molecule has 1 N–H and O–H groups in total. The van der Waals surface area contributed by atoms with Gasteiger partial charge in [-0.05, 0) is 31.9 Å². The highest BCUT2D eigenvalue weighted by Crippen LogP contribution is 2.19. The number of hydrogen-bond acceptors (Lipinski definition) is 2. The fraction of sp³-hybridized carbons (Fsp3) is 0.222. The Morgan fingerprint density at radius 3 is 2.05 bits per heavy atom. The Hall–Kier alpha value is -2.42. The van der Waals surface area contributed by atoms with Gasteiger partial charge in [0.2, 0.25) is 5.91 Å². The fourth-order valence-corrected chi connectivity index (χ4v) is 2.18. The number of rotatable bonds is 4. The van der Waals surface area contributed by atoms with Crippen LogP contribution in [0.1, 0.15) is 33.5 Å². The summed E-state index contributed by atoms with van der Waals surface area (Å²) < 4.78 is 0. The molecule has 0 aliphatic rings. The Balaban J connectivity index is 2.05. The van der Waals surface area contributed by atoms with Gasteiger partial charge in [0.15, 0.2) is 5.78 Å². The quantitative estimate of drug-likeness (QED) is 0.684. The number of nitrogens with one attached hydrogen (secondary N) is 1. The number of aryl methyl sites for hydroxylation is 3. The van der Waals surface area contributed by atoms with Crippen LogP contribution in [0.4, 0.5) is 5.69 Å². The highest BCUT2D eigenvalue weighted by atomic mass is 16.2. The molecule has 108 valence electrons. The highest BCUT2D eigenvalue weighted by Gasteiger charge is 2.13. The summed E-state index contributed by atoms with van der Waals surface area (Å²) in [5, 5.41) is 2.83. The molecule has 0 fully saturated rings. The maximum absolute atomic E-state index is 12.1. The standard InChI is InChI=1S/C18H19NO2/c1-12-7-9-15(10-8-12)16(20)11-17(21)19-18-13(2)5-4-6-14(18)3/h4-10H,11H2,1-3H3,(H,19,21). The monoisotopic (exact) mass is 281 g/mol. The lowest BCUT2D eigenvalue weighted by Crippen LogP contribution is -2.17. The first-order chi connectivity index (χ1) is 9.97. The van der Waals surface area contributed by atoms with Crippen LogP contribution in [0, 0.1) is 20.8 Å². The average molecular weight is 281 g/mol. The maximum atomic E-state index is 12.1. The topological polar surface area (TPSA) is 46.2 Å². The molecule has 3 heteroatoms. The molecule has 0 heterocycles. The van der Waals surface area contributed by atoms with Crippen LogP contribution >= 0.6 is 0 Å². The van der Waals surface area contributed by atoms with Crippen molar-refractivity contribution in [1.29, 1.82) is 0 Å². The zero-order chi connectivity index (χ0) is 15.4. The van der Waals surface area contributed by atoms with Crippen molar-refractivity contribution in [2.75, 3.05) is 5.32 Å². The molecule has 0 aromatic heterocycles. The molecule has 2 aromatic carbocycles. The van der Waals surface area contributed by atoms with Crippen LogP contribution in [-0.2, 0) is 4.79 Å². The number of hydrogen-bond donors (Lipinski definition) is 1. The van der Waals surface area contributed by atoms with Crippen molar-refractivity contribution in [1.82, 2.24) is 0 Å². The number of ketones is 1. The van der Waals surface area contributed by atoms with Crippen molar-refractivity contribution in [2.45, 2.75) is 27.2 Å². The molecule has 0 radical (unpaired) electrons. The number of amides is 1. The third kappa shape index (κ3) is 3.78. The molecule has 21 heavy (non-hydrogen) atoms. The smallest absolute Gasteiger partial charge is 0.232 e. The number of anilines is 1. The normalized spacial score (nSPS) is 10.2. The number of para-hydroxylation sites is 1. The van der Waals surface area contributed by atoms with Gasteiger partial charge < -0.3 is 5.32 Å². The number of Topliss-reactive ketones (excluding diaryl/α,β-unsaturated/α-hetero) is 1. The van der Waals surface area contributed by atoms with E-state index in [1.54, 1.807) is 12.1 Å². The van der Waals surface area contributed by atoms with Crippen LogP contribution in [0.25, 0.3) is 0 Å². The molecule has 0 atom stereocenters. The SMILES string of the molecule is Cc1ccc(C(=O)CC(=O)Nc2c(C)cccc2C)cc1. The lowest BCUT2D eigenvalue weighted by Gasteiger charge is -2.11. The van der Waals surface area contributed by atoms with Gasteiger partial charge in [-0.25, -0.2) is 0 Å². The van der Waals surface area contributed by atoms with Crippen molar-refractivity contribution in [3.63, 3.8) is 0 Å². The van der Waals surface area contributed by atoms with E-state index in [2.05, 4.69) is 5.32 Å². The summed E-state index contributed by atoms with van der Waals surface area (Å²) in [4.78, 5) is 24.1. The van der Waals surface area contributed by atoms with Crippen LogP contribution in [0.3, 0.4) is 0 Å². The summed E-state index contributed by atoms with van der Waals surface area (Å²) >= 11 is 0. The Labute approximate surface area is 125 Å². The second-order valence-corrected chi connectivity index (χ2v) is 5.28. The van der Waals surface area contributed by atoms with E-state index in [9.17, 15) is 9.59 Å². The van der Waals surface area contributed by atoms with Gasteiger partial charge in [0.1, 0.15) is 0 Å². The van der Waals surface area contributed by atoms with Gasteiger partial charge in [-0.1, -0.05) is 48.0 Å². The van der Waals surface area contributed by atoms with Gasteiger partial charge in [0.25, 0.3) is 0 Å². The summed E-state index contributed by atoms with van der Waals surface area (Å²) in [7, 11) is 0. The first kappa shape index (κ1) is 15.0. The fourth-order valence-electron chi connectivity index (χ4n) is 2.18. The van der Waals surface area contributed by atoms with E-state index in [0.717, 1.165) is 22.4 Å². The van der Waals surface area contributed by atoms with Gasteiger partial charge in [0, 0.05) is 11.3 Å². The molecule has 0 saturated carbocycles. The Morgan fingerprint density at radius 2 is 1.48 bits per heavy atom. The van der Waals surface area contributed by atoms with E-state index < -0.39 is 0 Å². The van der Waals surface area contributed by atoms with E-state index in [-0.39, 0.29) is 18.1 Å². The van der Waals surface area contributed by atoms with Gasteiger partial charge in [-0.3, -0.25) is 9.59 Å². The van der Waals surface area contributed by atoms with Crippen molar-refractivity contribution >= 4 is 17.4 Å². The molecule has 0 bridgehead atoms. The van der Waals surface area contributed by atoms with Gasteiger partial charge in [-0.2, -0.15) is 0 Å². The summed E-state index contributed by atoms with van der Waals surface area (Å²) in [6, 6.07) is 13.1. The minimum absolute atomic E-state index is 0.142. The molecule has 0 unspecified atom stereocenters. The second-order valence-electron chi connectivity index (χ2n) is 5.28. The third-order valence-electron chi connectivity index (χ3n) is 3.44. The van der Waals surface area contributed by atoms with E-state index in [4.69, 9.17) is 0 Å². The van der Waals surface area contributed by atoms with Crippen molar-refractivity contribution in [3.8, 4) is 0 Å². The molecule has 0 saturated heterocycles. The summed E-state index contributed by atoms with van der Waals surface area (Å²) in [6.45, 7) is 5.83. The number of benzene rings is 2.